The van der Waals surface area contributed by atoms with E-state index < -0.39 is 43.2 Å². The van der Waals surface area contributed by atoms with Gasteiger partial charge in [-0.3, -0.25) is 18.4 Å². The number of carbonyl (C=O) groups excluding carboxylic acids is 2. The van der Waals surface area contributed by atoms with E-state index in [1.165, 1.54) is 32.6 Å². The van der Waals surface area contributed by atoms with E-state index >= 15 is 0 Å². The second kappa shape index (κ2) is 20.5. The van der Waals surface area contributed by atoms with Gasteiger partial charge >= 0.3 is 19.9 Å². The number of carbonyl (C=O) groups is 3. The van der Waals surface area contributed by atoms with Gasteiger partial charge < -0.3 is 25.2 Å². The summed E-state index contributed by atoms with van der Waals surface area (Å²) in [4.78, 5) is 36.5. The fraction of sp³-hybridized carbons (Fsp3) is 0.727. The first-order valence-electron chi connectivity index (χ1n) is 16.3. The molecule has 264 valence electrons. The molecule has 0 saturated heterocycles. The van der Waals surface area contributed by atoms with Crippen molar-refractivity contribution in [3.63, 3.8) is 0 Å². The third-order valence-electron chi connectivity index (χ3n) is 6.29. The highest BCUT2D eigenvalue weighted by Crippen LogP contribution is 2.54. The molecule has 3 unspecified atom stereocenters. The number of phosphoric ester groups is 1. The van der Waals surface area contributed by atoms with Gasteiger partial charge in [-0.1, -0.05) is 51.2 Å². The van der Waals surface area contributed by atoms with Gasteiger partial charge in [0, 0.05) is 13.0 Å². The maximum absolute atomic E-state index is 13.5. The smallest absolute Gasteiger partial charge is 0.475 e. The van der Waals surface area contributed by atoms with Gasteiger partial charge in [0.1, 0.15) is 11.4 Å². The Morgan fingerprint density at radius 3 is 2.24 bits per heavy atom. The number of phosphoric acid groups is 1. The minimum absolute atomic E-state index is 0.102. The second-order valence-electron chi connectivity index (χ2n) is 13.2. The Balaban J connectivity index is 2.54. The molecule has 1 rings (SSSR count). The van der Waals surface area contributed by atoms with Gasteiger partial charge in [-0.25, -0.2) is 14.2 Å². The SMILES string of the molecule is CCCCCCCCOc1cccc(CCC(=O)NCCCOP(=O)(OC(C)C(NC(=O)OC(C)(C)C)C(=O)O)OC(C)(C)C)c1. The number of alkyl carbamates (subject to hydrolysis) is 1. The summed E-state index contributed by atoms with van der Waals surface area (Å²) < 4.78 is 41.1. The summed E-state index contributed by atoms with van der Waals surface area (Å²) in [6.07, 6.45) is 6.06. The van der Waals surface area contributed by atoms with E-state index in [9.17, 15) is 24.1 Å². The molecule has 12 nitrogen and oxygen atoms in total. The van der Waals surface area contributed by atoms with Gasteiger partial charge in [0.2, 0.25) is 5.91 Å². The first-order valence-corrected chi connectivity index (χ1v) is 17.7. The number of amides is 2. The summed E-state index contributed by atoms with van der Waals surface area (Å²) in [7, 11) is -4.29. The Kier molecular flexibility index (Phi) is 18.5. The van der Waals surface area contributed by atoms with E-state index in [4.69, 9.17) is 23.0 Å². The number of carboxylic acid groups (broad SMARTS) is 1. The fourth-order valence-corrected chi connectivity index (χ4v) is 5.89. The van der Waals surface area contributed by atoms with Crippen LogP contribution >= 0.6 is 7.82 Å². The lowest BCUT2D eigenvalue weighted by Gasteiger charge is -2.30. The van der Waals surface area contributed by atoms with Crippen molar-refractivity contribution in [2.24, 2.45) is 0 Å². The van der Waals surface area contributed by atoms with Crippen molar-refractivity contribution >= 4 is 25.8 Å². The van der Waals surface area contributed by atoms with Crippen LogP contribution in [0, 0.1) is 0 Å². The Morgan fingerprint density at radius 2 is 1.61 bits per heavy atom. The van der Waals surface area contributed by atoms with Crippen molar-refractivity contribution in [3.05, 3.63) is 29.8 Å². The molecule has 0 saturated carbocycles. The number of carboxylic acids is 1. The van der Waals surface area contributed by atoms with Crippen LogP contribution in [0.25, 0.3) is 0 Å². The van der Waals surface area contributed by atoms with E-state index in [2.05, 4.69) is 17.6 Å². The zero-order valence-corrected chi connectivity index (χ0v) is 29.9. The Morgan fingerprint density at radius 1 is 0.935 bits per heavy atom. The summed E-state index contributed by atoms with van der Waals surface area (Å²) in [5, 5.41) is 14.7. The zero-order chi connectivity index (χ0) is 34.8. The maximum atomic E-state index is 13.5. The lowest BCUT2D eigenvalue weighted by Crippen LogP contribution is -2.50. The highest BCUT2D eigenvalue weighted by atomic mass is 31.2. The van der Waals surface area contributed by atoms with Crippen LogP contribution in [0.15, 0.2) is 24.3 Å². The van der Waals surface area contributed by atoms with Crippen LogP contribution in [0.2, 0.25) is 0 Å². The standard InChI is InChI=1S/C33H57N2O10P/c1-9-10-11-12-13-14-22-41-27-18-15-17-26(24-27)19-20-28(36)34-21-16-23-42-46(40,45-33(6,7)8)44-25(2)29(30(37)38)35-31(39)43-32(3,4)5/h15,17-18,24-25,29H,9-14,16,19-23H2,1-8H3,(H,34,36)(H,35,39)(H,37,38). The molecule has 0 fully saturated rings. The van der Waals surface area contributed by atoms with E-state index in [1.807, 2.05) is 24.3 Å². The summed E-state index contributed by atoms with van der Waals surface area (Å²) in [6.45, 7) is 14.2. The third-order valence-corrected chi connectivity index (χ3v) is 8.15. The largest absolute Gasteiger partial charge is 0.494 e. The molecule has 0 radical (unpaired) electrons. The van der Waals surface area contributed by atoms with Crippen LogP contribution in [0.5, 0.6) is 5.75 Å². The van der Waals surface area contributed by atoms with Crippen LogP contribution in [-0.4, -0.2) is 66.2 Å². The first kappa shape index (κ1) is 41.4. The van der Waals surface area contributed by atoms with Crippen molar-refractivity contribution in [3.8, 4) is 5.75 Å². The van der Waals surface area contributed by atoms with Crippen molar-refractivity contribution in [2.75, 3.05) is 19.8 Å². The average Bonchev–Trinajstić information content (AvgIpc) is 2.92. The number of benzene rings is 1. The molecular weight excluding hydrogens is 615 g/mol. The molecule has 0 bridgehead atoms. The minimum Gasteiger partial charge on any atom is -0.494 e. The number of rotatable bonds is 22. The number of nitrogens with one attached hydrogen (secondary N) is 2. The van der Waals surface area contributed by atoms with E-state index in [0.29, 0.717) is 19.4 Å². The number of hydrogen-bond acceptors (Lipinski definition) is 9. The molecule has 3 N–H and O–H groups in total. The van der Waals surface area contributed by atoms with Gasteiger partial charge in [0.05, 0.1) is 24.9 Å². The van der Waals surface area contributed by atoms with E-state index in [0.717, 1.165) is 24.2 Å². The number of unbranched alkanes of at least 4 members (excludes halogenated alkanes) is 5. The third kappa shape index (κ3) is 19.8. The molecule has 0 aliphatic heterocycles. The van der Waals surface area contributed by atoms with Gasteiger partial charge in [0.15, 0.2) is 6.04 Å². The first-order chi connectivity index (χ1) is 21.4. The summed E-state index contributed by atoms with van der Waals surface area (Å²) in [5.74, 6) is -0.761. The van der Waals surface area contributed by atoms with Crippen molar-refractivity contribution in [2.45, 2.75) is 137 Å². The molecule has 0 spiro atoms. The molecule has 0 aliphatic carbocycles. The minimum atomic E-state index is -4.29. The Labute approximate surface area is 275 Å². The Bertz CT molecular complexity index is 1120. The van der Waals surface area contributed by atoms with Crippen LogP contribution < -0.4 is 15.4 Å². The average molecular weight is 673 g/mol. The molecule has 1 aromatic carbocycles. The number of aliphatic carboxylic acids is 1. The van der Waals surface area contributed by atoms with Crippen LogP contribution in [0.3, 0.4) is 0 Å². The van der Waals surface area contributed by atoms with Crippen molar-refractivity contribution < 1.29 is 47.1 Å². The lowest BCUT2D eigenvalue weighted by atomic mass is 10.1. The molecule has 46 heavy (non-hydrogen) atoms. The zero-order valence-electron chi connectivity index (χ0n) is 29.0. The van der Waals surface area contributed by atoms with E-state index in [-0.39, 0.29) is 25.5 Å². The highest BCUT2D eigenvalue weighted by molar-refractivity contribution is 7.48. The monoisotopic (exact) mass is 672 g/mol. The molecule has 0 heterocycles. The van der Waals surface area contributed by atoms with Crippen LogP contribution in [0.1, 0.15) is 112 Å². The van der Waals surface area contributed by atoms with Gasteiger partial charge in [-0.05, 0) is 85.4 Å². The molecule has 1 aromatic rings. The quantitative estimate of drug-likeness (QED) is 0.0850. The van der Waals surface area contributed by atoms with Gasteiger partial charge in [0.25, 0.3) is 0 Å². The van der Waals surface area contributed by atoms with Gasteiger partial charge in [-0.15, -0.1) is 0 Å². The van der Waals surface area contributed by atoms with Crippen LogP contribution in [0.4, 0.5) is 4.79 Å². The van der Waals surface area contributed by atoms with E-state index in [1.54, 1.807) is 41.5 Å². The summed E-state index contributed by atoms with van der Waals surface area (Å²) in [5.41, 5.74) is -0.809. The maximum Gasteiger partial charge on any atom is 0.475 e. The fourth-order valence-electron chi connectivity index (χ4n) is 4.18. The molecule has 0 aromatic heterocycles. The van der Waals surface area contributed by atoms with Gasteiger partial charge in [-0.2, -0.15) is 0 Å². The van der Waals surface area contributed by atoms with Crippen molar-refractivity contribution in [1.82, 2.24) is 10.6 Å². The summed E-state index contributed by atoms with van der Waals surface area (Å²) in [6, 6.07) is 6.18. The van der Waals surface area contributed by atoms with Crippen molar-refractivity contribution in [1.29, 1.82) is 0 Å². The molecule has 13 heteroatoms. The second-order valence-corrected chi connectivity index (χ2v) is 14.8. The molecule has 0 aliphatic rings. The number of hydrogen-bond donors (Lipinski definition) is 3. The predicted octanol–water partition coefficient (Wildman–Crippen LogP) is 7.19. The van der Waals surface area contributed by atoms with Crippen LogP contribution in [-0.2, 0) is 38.9 Å². The predicted molar refractivity (Wildman–Crippen MR) is 177 cm³/mol. The highest BCUT2D eigenvalue weighted by Gasteiger charge is 2.39. The topological polar surface area (TPSA) is 159 Å². The lowest BCUT2D eigenvalue weighted by molar-refractivity contribution is -0.142. The number of ether oxygens (including phenoxy) is 2. The molecule has 2 amide bonds. The normalized spacial score (nSPS) is 14.5. The molecule has 3 atom stereocenters. The Hall–Kier alpha value is -2.66. The summed E-state index contributed by atoms with van der Waals surface area (Å²) >= 11 is 0. The number of aryl methyl sites for hydroxylation is 1. The molecular formula is C33H57N2O10P.